The Morgan fingerprint density at radius 1 is 0.558 bits per heavy atom. The summed E-state index contributed by atoms with van der Waals surface area (Å²) in [6.07, 6.45) is 8.51. The molecule has 0 rings (SSSR count). The van der Waals surface area contributed by atoms with Crippen molar-refractivity contribution in [3.8, 4) is 0 Å². The summed E-state index contributed by atoms with van der Waals surface area (Å²) in [7, 11) is -11.8. The zero-order chi connectivity index (χ0) is 35.2. The molecule has 0 unspecified atom stereocenters. The van der Waals surface area contributed by atoms with Crippen LogP contribution < -0.4 is 0 Å². The van der Waals surface area contributed by atoms with Crippen molar-refractivity contribution in [2.75, 3.05) is 73.5 Å². The normalized spacial score (nSPS) is 13.9. The van der Waals surface area contributed by atoms with E-state index in [1.54, 1.807) is 8.25 Å². The van der Waals surface area contributed by atoms with Crippen molar-refractivity contribution >= 4 is 40.1 Å². The van der Waals surface area contributed by atoms with Crippen molar-refractivity contribution in [2.24, 2.45) is 0 Å². The van der Waals surface area contributed by atoms with Crippen molar-refractivity contribution in [2.45, 2.75) is 56.5 Å². The van der Waals surface area contributed by atoms with Crippen LogP contribution in [0.25, 0.3) is 8.25 Å². The van der Waals surface area contributed by atoms with E-state index in [0.717, 1.165) is 11.0 Å². The summed E-state index contributed by atoms with van der Waals surface area (Å²) in [4.78, 5) is 0. The number of hydrogen-bond donors (Lipinski definition) is 1. The van der Waals surface area contributed by atoms with Crippen LogP contribution in [0.4, 0.5) is 26.3 Å². The van der Waals surface area contributed by atoms with Gasteiger partial charge in [0.15, 0.2) is 20.0 Å². The lowest BCUT2D eigenvalue weighted by Gasteiger charge is -2.29. The van der Waals surface area contributed by atoms with Crippen molar-refractivity contribution in [3.63, 3.8) is 0 Å². The third-order valence-electron chi connectivity index (χ3n) is 5.11. The average Bonchev–Trinajstić information content (AvgIpc) is 2.68. The first-order valence-electron chi connectivity index (χ1n) is 12.5. The van der Waals surface area contributed by atoms with Gasteiger partial charge in [-0.15, -0.1) is 0 Å². The number of aliphatic hydroxyl groups excluding tert-OH is 1. The van der Waals surface area contributed by atoms with E-state index in [4.69, 9.17) is 5.11 Å². The lowest BCUT2D eigenvalue weighted by atomic mass is 10.1. The molecule has 13 nitrogen and oxygen atoms in total. The van der Waals surface area contributed by atoms with Gasteiger partial charge >= 0.3 is 11.0 Å². The van der Waals surface area contributed by atoms with Crippen LogP contribution in [0, 0.1) is 0 Å². The summed E-state index contributed by atoms with van der Waals surface area (Å²) in [5.41, 5.74) is -11.3. The Kier molecular flexibility index (Phi) is 19.9. The molecule has 43 heavy (non-hydrogen) atoms. The minimum Gasteiger partial charge on any atom is -0.429 e. The minimum absolute atomic E-state index is 0.246. The van der Waals surface area contributed by atoms with Crippen LogP contribution in [-0.4, -0.2) is 132 Å². The number of aliphatic hydroxyl groups is 1. The maximum absolute atomic E-state index is 11.4. The van der Waals surface area contributed by atoms with E-state index < -0.39 is 51.1 Å². The number of alkyl halides is 6. The van der Waals surface area contributed by atoms with E-state index in [9.17, 15) is 60.0 Å². The molecular formula is C20H44F6N4O9S4. The Balaban J connectivity index is -0.000000584. The Morgan fingerprint density at radius 2 is 0.837 bits per heavy atom. The predicted octanol–water partition coefficient (Wildman–Crippen LogP) is 2.83. The summed E-state index contributed by atoms with van der Waals surface area (Å²) in [6, 6.07) is 0. The zero-order valence-electron chi connectivity index (χ0n) is 25.2. The molecule has 0 aliphatic heterocycles. The fourth-order valence-electron chi connectivity index (χ4n) is 3.15. The van der Waals surface area contributed by atoms with Crippen LogP contribution >= 0.6 is 0 Å². The molecule has 0 heterocycles. The van der Waals surface area contributed by atoms with Gasteiger partial charge in [0, 0.05) is 12.5 Å². The highest BCUT2D eigenvalue weighted by Crippen LogP contribution is 2.30. The molecule has 0 atom stereocenters. The lowest BCUT2D eigenvalue weighted by molar-refractivity contribution is -0.891. The fourth-order valence-corrected chi connectivity index (χ4v) is 6.68. The SMILES string of the molecule is CCC[N+](C)(C)CCCCCCC[N+](C)(C)CCO.CS(=O)(=O)[N-]S(=O)(=O)C(F)(F)F.CS(=O)(=O)[N-]S(=O)(=O)C(F)(F)F. The molecule has 0 saturated heterocycles. The Bertz CT molecular complexity index is 1140. The van der Waals surface area contributed by atoms with Crippen molar-refractivity contribution in [1.29, 1.82) is 0 Å². The van der Waals surface area contributed by atoms with E-state index in [0.29, 0.717) is 6.61 Å². The highest BCUT2D eigenvalue weighted by Gasteiger charge is 2.40. The molecule has 0 radical (unpaired) electrons. The van der Waals surface area contributed by atoms with E-state index in [1.807, 2.05) is 0 Å². The first-order chi connectivity index (χ1) is 18.7. The van der Waals surface area contributed by atoms with Crippen molar-refractivity contribution < 1.29 is 74.1 Å². The molecule has 0 aromatic heterocycles. The van der Waals surface area contributed by atoms with Gasteiger partial charge in [-0.2, -0.15) is 26.3 Å². The first-order valence-corrected chi connectivity index (χ1v) is 19.1. The standard InChI is InChI=1S/C16H38N2O.2C2H3F3NO4S2/c1-6-12-17(2,3)13-10-8-7-9-11-14-18(4,5)15-16-19;2*1-11(7,8)6-12(9,10)2(3,4)5/h19H,6-16H2,1-5H3;2*1H3/q+2;2*-1. The number of nitrogens with zero attached hydrogens (tertiary/aromatic N) is 4. The third kappa shape index (κ3) is 26.1. The molecule has 264 valence electrons. The maximum atomic E-state index is 11.4. The zero-order valence-corrected chi connectivity index (χ0v) is 28.4. The summed E-state index contributed by atoms with van der Waals surface area (Å²) in [5.74, 6) is 0. The van der Waals surface area contributed by atoms with Crippen LogP contribution in [0.1, 0.15) is 45.4 Å². The molecule has 0 bridgehead atoms. The number of halogens is 6. The van der Waals surface area contributed by atoms with Crippen molar-refractivity contribution in [3.05, 3.63) is 8.25 Å². The molecule has 0 aliphatic rings. The molecule has 0 aliphatic carbocycles. The van der Waals surface area contributed by atoms with Gasteiger partial charge in [-0.3, -0.25) is 0 Å². The maximum Gasteiger partial charge on any atom is 0.480 e. The Hall–Kier alpha value is -0.820. The topological polar surface area (TPSA) is 185 Å². The van der Waals surface area contributed by atoms with Gasteiger partial charge < -0.3 is 22.3 Å². The monoisotopic (exact) mass is 726 g/mol. The van der Waals surface area contributed by atoms with Gasteiger partial charge in [-0.1, -0.05) is 13.3 Å². The summed E-state index contributed by atoms with van der Waals surface area (Å²) in [6.45, 7) is 7.26. The smallest absolute Gasteiger partial charge is 0.429 e. The lowest BCUT2D eigenvalue weighted by Crippen LogP contribution is -2.42. The molecule has 0 amide bonds. The van der Waals surface area contributed by atoms with E-state index in [1.165, 1.54) is 62.6 Å². The van der Waals surface area contributed by atoms with Gasteiger partial charge in [0.2, 0.25) is 0 Å². The summed E-state index contributed by atoms with van der Waals surface area (Å²) < 4.78 is 154. The minimum atomic E-state index is -5.92. The van der Waals surface area contributed by atoms with Gasteiger partial charge in [0.1, 0.15) is 6.54 Å². The molecule has 23 heteroatoms. The number of hydrogen-bond acceptors (Lipinski definition) is 9. The van der Waals surface area contributed by atoms with E-state index in [-0.39, 0.29) is 12.5 Å². The predicted molar refractivity (Wildman–Crippen MR) is 151 cm³/mol. The average molecular weight is 727 g/mol. The van der Waals surface area contributed by atoms with Crippen LogP contribution in [-0.2, 0) is 40.1 Å². The summed E-state index contributed by atoms with van der Waals surface area (Å²) >= 11 is 0. The molecule has 1 N–H and O–H groups in total. The van der Waals surface area contributed by atoms with Gasteiger partial charge in [-0.05, 0) is 32.1 Å². The number of unbranched alkanes of at least 4 members (excludes halogenated alkanes) is 4. The van der Waals surface area contributed by atoms with Gasteiger partial charge in [-0.25, -0.2) is 33.7 Å². The Morgan fingerprint density at radius 3 is 1.05 bits per heavy atom. The fraction of sp³-hybridized carbons (Fsp3) is 1.00. The van der Waals surface area contributed by atoms with Crippen molar-refractivity contribution in [1.82, 2.24) is 0 Å². The van der Waals surface area contributed by atoms with E-state index in [2.05, 4.69) is 35.1 Å². The largest absolute Gasteiger partial charge is 0.480 e. The number of rotatable bonds is 16. The number of likely N-dealkylation sites (N-methyl/N-ethyl adjacent to an activating group) is 1. The summed E-state index contributed by atoms with van der Waals surface area (Å²) in [5, 5.41) is 8.98. The molecule has 0 saturated carbocycles. The first kappa shape index (κ1) is 46.6. The number of sulfonamides is 4. The second-order valence-corrected chi connectivity index (χ2v) is 17.7. The Labute approximate surface area is 252 Å². The highest BCUT2D eigenvalue weighted by atomic mass is 32.3. The van der Waals surface area contributed by atoms with Gasteiger partial charge in [0.05, 0.1) is 74.5 Å². The van der Waals surface area contributed by atoms with Gasteiger partial charge in [0.25, 0.3) is 0 Å². The second kappa shape index (κ2) is 18.4. The van der Waals surface area contributed by atoms with Crippen LogP contribution in [0.15, 0.2) is 0 Å². The van der Waals surface area contributed by atoms with Crippen LogP contribution in [0.3, 0.4) is 0 Å². The molecule has 0 spiro atoms. The second-order valence-electron chi connectivity index (χ2n) is 10.7. The molecular weight excluding hydrogens is 682 g/mol. The van der Waals surface area contributed by atoms with Crippen LogP contribution in [0.2, 0.25) is 0 Å². The highest BCUT2D eigenvalue weighted by molar-refractivity contribution is 8.12. The molecule has 0 fully saturated rings. The van der Waals surface area contributed by atoms with E-state index >= 15 is 0 Å². The van der Waals surface area contributed by atoms with Crippen LogP contribution in [0.5, 0.6) is 0 Å². The molecule has 0 aromatic rings. The third-order valence-corrected chi connectivity index (χ3v) is 10.0. The quantitative estimate of drug-likeness (QED) is 0.142. The number of quaternary nitrogens is 2. The molecule has 0 aromatic carbocycles.